The van der Waals surface area contributed by atoms with E-state index in [0.29, 0.717) is 37.2 Å². The SMILES string of the molecule is Cc1cccc(OSN(C)N2CCC3=CC(Nc4ccc(F)cc4)=C(C=N)CC3(C(=O)c3ncco3)C2)c1.S. The maximum Gasteiger partial charge on any atom is 0.264 e. The molecule has 0 radical (unpaired) electrons. The molecule has 2 N–H and O–H groups in total. The van der Waals surface area contributed by atoms with Gasteiger partial charge in [0.1, 0.15) is 17.8 Å². The molecule has 0 bridgehead atoms. The van der Waals surface area contributed by atoms with Crippen molar-refractivity contribution in [3.8, 4) is 5.75 Å². The van der Waals surface area contributed by atoms with Crippen molar-refractivity contribution in [2.75, 3.05) is 25.5 Å². The van der Waals surface area contributed by atoms with E-state index in [2.05, 4.69) is 15.3 Å². The fourth-order valence-corrected chi connectivity index (χ4v) is 5.40. The summed E-state index contributed by atoms with van der Waals surface area (Å²) in [7, 11) is 1.90. The molecule has 1 aliphatic heterocycles. The second-order valence-electron chi connectivity index (χ2n) is 9.39. The predicted octanol–water partition coefficient (Wildman–Crippen LogP) is 5.94. The fourth-order valence-electron chi connectivity index (χ4n) is 4.87. The first kappa shape index (κ1) is 28.6. The van der Waals surface area contributed by atoms with Gasteiger partial charge in [-0.25, -0.2) is 14.4 Å². The Labute approximate surface area is 238 Å². The maximum atomic E-state index is 13.9. The summed E-state index contributed by atoms with van der Waals surface area (Å²) < 4.78 is 26.7. The van der Waals surface area contributed by atoms with E-state index in [9.17, 15) is 9.18 Å². The smallest absolute Gasteiger partial charge is 0.264 e. The van der Waals surface area contributed by atoms with Crippen LogP contribution in [0.25, 0.3) is 0 Å². The zero-order valence-corrected chi connectivity index (χ0v) is 23.4. The fraction of sp³-hybridized carbons (Fsp3) is 0.250. The summed E-state index contributed by atoms with van der Waals surface area (Å²) in [5.41, 5.74) is 3.15. The van der Waals surface area contributed by atoms with Crippen LogP contribution in [0.15, 0.2) is 88.3 Å². The van der Waals surface area contributed by atoms with Gasteiger partial charge in [0.2, 0.25) is 5.78 Å². The van der Waals surface area contributed by atoms with Crippen molar-refractivity contribution < 1.29 is 17.8 Å². The second kappa shape index (κ2) is 12.2. The Morgan fingerprint density at radius 2 is 2.10 bits per heavy atom. The van der Waals surface area contributed by atoms with Gasteiger partial charge in [-0.1, -0.05) is 17.7 Å². The third kappa shape index (κ3) is 6.11. The number of Topliss-reactive ketones (excluding diaryl/α,β-unsaturated/α-hetero) is 1. The molecule has 2 heterocycles. The maximum absolute atomic E-state index is 13.9. The van der Waals surface area contributed by atoms with Crippen LogP contribution in [0.4, 0.5) is 10.1 Å². The van der Waals surface area contributed by atoms with Gasteiger partial charge in [-0.3, -0.25) is 4.79 Å². The molecule has 0 saturated carbocycles. The molecule has 1 unspecified atom stereocenters. The van der Waals surface area contributed by atoms with Gasteiger partial charge < -0.3 is 19.3 Å². The highest BCUT2D eigenvalue weighted by Gasteiger charge is 2.50. The van der Waals surface area contributed by atoms with E-state index in [-0.39, 0.29) is 31.0 Å². The summed E-state index contributed by atoms with van der Waals surface area (Å²) in [5, 5.41) is 13.5. The van der Waals surface area contributed by atoms with Gasteiger partial charge in [-0.15, -0.1) is 0 Å². The van der Waals surface area contributed by atoms with E-state index in [1.165, 1.54) is 43.0 Å². The molecular formula is C28H30FN5O3S2. The van der Waals surface area contributed by atoms with Gasteiger partial charge in [-0.05, 0) is 73.4 Å². The number of carbonyl (C=O) groups is 1. The number of anilines is 1. The molecule has 1 aromatic heterocycles. The summed E-state index contributed by atoms with van der Waals surface area (Å²) in [6.45, 7) is 3.03. The Hall–Kier alpha value is -3.38. The third-order valence-electron chi connectivity index (χ3n) is 6.85. The molecule has 0 amide bonds. The summed E-state index contributed by atoms with van der Waals surface area (Å²) in [5.74, 6) is 0.239. The molecular weight excluding hydrogens is 537 g/mol. The predicted molar refractivity (Wildman–Crippen MR) is 156 cm³/mol. The highest BCUT2D eigenvalue weighted by Crippen LogP contribution is 2.47. The molecule has 0 spiro atoms. The van der Waals surface area contributed by atoms with Crippen LogP contribution in [0.5, 0.6) is 5.75 Å². The molecule has 8 nitrogen and oxygen atoms in total. The van der Waals surface area contributed by atoms with Crippen molar-refractivity contribution in [3.05, 3.63) is 101 Å². The Kier molecular flexibility index (Phi) is 8.96. The van der Waals surface area contributed by atoms with Crippen LogP contribution in [-0.2, 0) is 0 Å². The average Bonchev–Trinajstić information content (AvgIpc) is 3.47. The first-order chi connectivity index (χ1) is 18.4. The van der Waals surface area contributed by atoms with E-state index in [4.69, 9.17) is 14.0 Å². The van der Waals surface area contributed by atoms with Crippen molar-refractivity contribution in [1.82, 2.24) is 14.4 Å². The lowest BCUT2D eigenvalue weighted by molar-refractivity contribution is 0.0210. The Bertz CT molecular complexity index is 1390. The van der Waals surface area contributed by atoms with Gasteiger partial charge in [0.05, 0.1) is 11.6 Å². The summed E-state index contributed by atoms with van der Waals surface area (Å²) in [4.78, 5) is 18.1. The molecule has 1 aliphatic carbocycles. The molecule has 39 heavy (non-hydrogen) atoms. The molecule has 2 aliphatic rings. The number of hydrogen-bond acceptors (Lipinski definition) is 9. The number of oxazole rings is 1. The summed E-state index contributed by atoms with van der Waals surface area (Å²) >= 11 is 1.19. The number of ketones is 1. The number of fused-ring (bicyclic) bond motifs is 1. The van der Waals surface area contributed by atoms with E-state index < -0.39 is 5.41 Å². The summed E-state index contributed by atoms with van der Waals surface area (Å²) in [6.07, 6.45) is 6.97. The van der Waals surface area contributed by atoms with E-state index in [1.54, 1.807) is 12.1 Å². The second-order valence-corrected chi connectivity index (χ2v) is 10.2. The molecule has 11 heteroatoms. The molecule has 1 atom stereocenters. The Morgan fingerprint density at radius 3 is 2.79 bits per heavy atom. The first-order valence-electron chi connectivity index (χ1n) is 12.2. The van der Waals surface area contributed by atoms with Crippen LogP contribution >= 0.6 is 25.7 Å². The number of halogens is 1. The number of rotatable bonds is 9. The number of nitrogens with one attached hydrogen (secondary N) is 2. The number of aromatic nitrogens is 1. The van der Waals surface area contributed by atoms with Crippen LogP contribution in [0, 0.1) is 23.6 Å². The first-order valence-corrected chi connectivity index (χ1v) is 12.9. The molecule has 5 rings (SSSR count). The number of carbonyl (C=O) groups excluding carboxylic acids is 1. The van der Waals surface area contributed by atoms with Crippen molar-refractivity contribution in [2.24, 2.45) is 5.41 Å². The highest BCUT2D eigenvalue weighted by atomic mass is 32.2. The van der Waals surface area contributed by atoms with E-state index in [1.807, 2.05) is 48.7 Å². The number of benzene rings is 2. The van der Waals surface area contributed by atoms with Crippen LogP contribution in [0.3, 0.4) is 0 Å². The van der Waals surface area contributed by atoms with E-state index in [0.717, 1.165) is 22.6 Å². The number of nitrogens with zero attached hydrogens (tertiary/aromatic N) is 3. The zero-order valence-electron chi connectivity index (χ0n) is 21.6. The normalized spacial score (nSPS) is 19.1. The lowest BCUT2D eigenvalue weighted by Gasteiger charge is -2.47. The molecule has 2 aromatic carbocycles. The van der Waals surface area contributed by atoms with Crippen molar-refractivity contribution >= 4 is 43.4 Å². The van der Waals surface area contributed by atoms with Crippen molar-refractivity contribution in [1.29, 1.82) is 5.41 Å². The minimum atomic E-state index is -0.970. The molecule has 1 fully saturated rings. The molecule has 1 saturated heterocycles. The van der Waals surface area contributed by atoms with Crippen molar-refractivity contribution in [2.45, 2.75) is 19.8 Å². The largest absolute Gasteiger partial charge is 0.442 e. The van der Waals surface area contributed by atoms with Crippen LogP contribution in [0.1, 0.15) is 29.1 Å². The minimum absolute atomic E-state index is 0. The summed E-state index contributed by atoms with van der Waals surface area (Å²) in [6, 6.07) is 13.9. The van der Waals surface area contributed by atoms with Gasteiger partial charge in [0.15, 0.2) is 12.2 Å². The number of allylic oxidation sites excluding steroid dienone is 2. The monoisotopic (exact) mass is 567 g/mol. The van der Waals surface area contributed by atoms with Crippen LogP contribution in [0.2, 0.25) is 0 Å². The lowest BCUT2D eigenvalue weighted by Crippen LogP contribution is -2.54. The Balaban J connectivity index is 0.00000353. The minimum Gasteiger partial charge on any atom is -0.442 e. The zero-order chi connectivity index (χ0) is 26.7. The quantitative estimate of drug-likeness (QED) is 0.142. The van der Waals surface area contributed by atoms with Crippen LogP contribution in [-0.4, -0.2) is 46.5 Å². The third-order valence-corrected chi connectivity index (χ3v) is 7.56. The van der Waals surface area contributed by atoms with E-state index >= 15 is 0 Å². The van der Waals surface area contributed by atoms with Gasteiger partial charge >= 0.3 is 0 Å². The van der Waals surface area contributed by atoms with Crippen LogP contribution < -0.4 is 9.50 Å². The van der Waals surface area contributed by atoms with Crippen molar-refractivity contribution in [3.63, 3.8) is 0 Å². The van der Waals surface area contributed by atoms with Gasteiger partial charge in [0, 0.05) is 37.7 Å². The number of hydrogen-bond donors (Lipinski definition) is 2. The number of hydrazine groups is 1. The number of piperidine rings is 1. The van der Waals surface area contributed by atoms with Gasteiger partial charge in [-0.2, -0.15) is 17.9 Å². The lowest BCUT2D eigenvalue weighted by atomic mass is 9.65. The molecule has 204 valence electrons. The topological polar surface area (TPSA) is 94.7 Å². The average molecular weight is 568 g/mol. The Morgan fingerprint density at radius 1 is 1.31 bits per heavy atom. The standard InChI is InChI=1S/C28H28FN5O3S.H2S/c1-19-4-3-5-24(14-19)37-38-33(2)34-12-10-21-15-25(32-23-8-6-22(29)7-9-23)20(17-30)16-28(21,18-34)26(35)27-31-11-13-36-27;/h3-9,11,13-15,17,30,32H,10,12,16,18H2,1-2H3;1H2. The molecule has 3 aromatic rings. The highest BCUT2D eigenvalue weighted by molar-refractivity contribution is 7.92. The van der Waals surface area contributed by atoms with Gasteiger partial charge in [0.25, 0.3) is 5.89 Å². The number of aryl methyl sites for hydroxylation is 1.